The number of nitrogens with one attached hydrogen (secondary N) is 1. The van der Waals surface area contributed by atoms with Crippen molar-refractivity contribution in [3.63, 3.8) is 0 Å². The lowest BCUT2D eigenvalue weighted by Gasteiger charge is -2.32. The number of piperidine rings is 1. The largest absolute Gasteiger partial charge is 0.339 e. The number of nitrogens with zero attached hydrogens (tertiary/aromatic N) is 1. The lowest BCUT2D eigenvalue weighted by Crippen LogP contribution is -2.39. The molecule has 1 heterocycles. The maximum Gasteiger partial charge on any atom is 0.261 e. The molecular weight excluding hydrogens is 420 g/mol. The number of anilines is 1. The molecular formula is C26H28N2O3S. The smallest absolute Gasteiger partial charge is 0.261 e. The Kier molecular flexibility index (Phi) is 6.61. The van der Waals surface area contributed by atoms with E-state index in [2.05, 4.69) is 29.0 Å². The molecule has 0 aliphatic carbocycles. The zero-order valence-electron chi connectivity index (χ0n) is 18.2. The quantitative estimate of drug-likeness (QED) is 0.584. The summed E-state index contributed by atoms with van der Waals surface area (Å²) in [5.41, 5.74) is 3.00. The van der Waals surface area contributed by atoms with Crippen LogP contribution in [0.5, 0.6) is 0 Å². The van der Waals surface area contributed by atoms with Crippen molar-refractivity contribution in [2.75, 3.05) is 17.8 Å². The second-order valence-corrected chi connectivity index (χ2v) is 10.1. The van der Waals surface area contributed by atoms with Crippen LogP contribution < -0.4 is 4.72 Å². The van der Waals surface area contributed by atoms with E-state index in [1.165, 1.54) is 5.56 Å². The van der Waals surface area contributed by atoms with Crippen molar-refractivity contribution < 1.29 is 13.2 Å². The van der Waals surface area contributed by atoms with Gasteiger partial charge < -0.3 is 4.90 Å². The van der Waals surface area contributed by atoms with Crippen molar-refractivity contribution in [3.8, 4) is 0 Å². The zero-order valence-corrected chi connectivity index (χ0v) is 19.0. The Morgan fingerprint density at radius 1 is 0.906 bits per heavy atom. The molecule has 3 aromatic carbocycles. The van der Waals surface area contributed by atoms with Gasteiger partial charge in [-0.3, -0.25) is 9.52 Å². The molecule has 1 N–H and O–H groups in total. The third-order valence-electron chi connectivity index (χ3n) is 6.00. The number of rotatable bonds is 6. The maximum absolute atomic E-state index is 13.2. The van der Waals surface area contributed by atoms with Crippen molar-refractivity contribution in [2.24, 2.45) is 5.92 Å². The summed E-state index contributed by atoms with van der Waals surface area (Å²) in [6, 6.07) is 23.9. The standard InChI is InChI=1S/C26H28N2O3S/c1-20-11-13-23(14-12-20)32(30,31)27-25-10-6-5-9-24(25)26(29)28-17-15-22(16-18-28)19-21-7-3-2-4-8-21/h2-14,22,27H,15-19H2,1H3. The highest BCUT2D eigenvalue weighted by atomic mass is 32.2. The average Bonchev–Trinajstić information content (AvgIpc) is 2.80. The van der Waals surface area contributed by atoms with Crippen LogP contribution in [0.15, 0.2) is 83.8 Å². The first-order chi connectivity index (χ1) is 15.4. The van der Waals surface area contributed by atoms with E-state index in [1.54, 1.807) is 48.5 Å². The van der Waals surface area contributed by atoms with E-state index in [1.807, 2.05) is 17.9 Å². The first kappa shape index (κ1) is 22.1. The first-order valence-corrected chi connectivity index (χ1v) is 12.4. The Labute approximate surface area is 190 Å². The van der Waals surface area contributed by atoms with Gasteiger partial charge in [0.2, 0.25) is 0 Å². The van der Waals surface area contributed by atoms with Crippen LogP contribution in [-0.4, -0.2) is 32.3 Å². The number of amides is 1. The molecule has 1 saturated heterocycles. The summed E-state index contributed by atoms with van der Waals surface area (Å²) < 4.78 is 28.3. The molecule has 5 nitrogen and oxygen atoms in total. The third-order valence-corrected chi connectivity index (χ3v) is 7.38. The maximum atomic E-state index is 13.2. The van der Waals surface area contributed by atoms with E-state index in [0.29, 0.717) is 30.3 Å². The minimum absolute atomic E-state index is 0.134. The van der Waals surface area contributed by atoms with Gasteiger partial charge >= 0.3 is 0 Å². The molecule has 1 aliphatic rings. The molecule has 6 heteroatoms. The van der Waals surface area contributed by atoms with E-state index in [4.69, 9.17) is 0 Å². The summed E-state index contributed by atoms with van der Waals surface area (Å²) in [6.45, 7) is 3.26. The number of likely N-dealkylation sites (tertiary alicyclic amines) is 1. The fourth-order valence-corrected chi connectivity index (χ4v) is 5.22. The highest BCUT2D eigenvalue weighted by molar-refractivity contribution is 7.92. The second-order valence-electron chi connectivity index (χ2n) is 8.39. The van der Waals surface area contributed by atoms with Crippen LogP contribution in [0.4, 0.5) is 5.69 Å². The second kappa shape index (κ2) is 9.57. The molecule has 0 radical (unpaired) electrons. The Hall–Kier alpha value is -3.12. The third kappa shape index (κ3) is 5.19. The number of benzene rings is 3. The van der Waals surface area contributed by atoms with Gasteiger partial charge in [-0.2, -0.15) is 0 Å². The number of hydrogen-bond acceptors (Lipinski definition) is 3. The predicted molar refractivity (Wildman–Crippen MR) is 127 cm³/mol. The SMILES string of the molecule is Cc1ccc(S(=O)(=O)Nc2ccccc2C(=O)N2CCC(Cc3ccccc3)CC2)cc1. The first-order valence-electron chi connectivity index (χ1n) is 10.9. The van der Waals surface area contributed by atoms with Crippen molar-refractivity contribution >= 4 is 21.6 Å². The molecule has 0 unspecified atom stereocenters. The molecule has 1 fully saturated rings. The molecule has 0 atom stereocenters. The Balaban J connectivity index is 1.44. The highest BCUT2D eigenvalue weighted by Gasteiger charge is 2.26. The number of aryl methyl sites for hydroxylation is 1. The Morgan fingerprint density at radius 3 is 2.22 bits per heavy atom. The predicted octanol–water partition coefficient (Wildman–Crippen LogP) is 4.89. The summed E-state index contributed by atoms with van der Waals surface area (Å²) in [4.78, 5) is 15.3. The average molecular weight is 449 g/mol. The van der Waals surface area contributed by atoms with Gasteiger partial charge in [0.1, 0.15) is 0 Å². The molecule has 0 bridgehead atoms. The van der Waals surface area contributed by atoms with Crippen LogP contribution in [-0.2, 0) is 16.4 Å². The topological polar surface area (TPSA) is 66.5 Å². The highest BCUT2D eigenvalue weighted by Crippen LogP contribution is 2.26. The normalized spacial score (nSPS) is 14.8. The summed E-state index contributed by atoms with van der Waals surface area (Å²) in [5, 5.41) is 0. The van der Waals surface area contributed by atoms with E-state index < -0.39 is 10.0 Å². The van der Waals surface area contributed by atoms with Crippen LogP contribution >= 0.6 is 0 Å². The van der Waals surface area contributed by atoms with Crippen molar-refractivity contribution in [1.29, 1.82) is 0 Å². The molecule has 32 heavy (non-hydrogen) atoms. The lowest BCUT2D eigenvalue weighted by atomic mass is 9.90. The van der Waals surface area contributed by atoms with Crippen LogP contribution in [0.25, 0.3) is 0 Å². The van der Waals surface area contributed by atoms with E-state index in [9.17, 15) is 13.2 Å². The molecule has 166 valence electrons. The fraction of sp³-hybridized carbons (Fsp3) is 0.269. The van der Waals surface area contributed by atoms with Crippen molar-refractivity contribution in [2.45, 2.75) is 31.1 Å². The number of para-hydroxylation sites is 1. The number of carbonyl (C=O) groups excluding carboxylic acids is 1. The lowest BCUT2D eigenvalue weighted by molar-refractivity contribution is 0.0691. The summed E-state index contributed by atoms with van der Waals surface area (Å²) >= 11 is 0. The van der Waals surface area contributed by atoms with Crippen LogP contribution in [0.3, 0.4) is 0 Å². The fourth-order valence-electron chi connectivity index (χ4n) is 4.14. The minimum atomic E-state index is -3.78. The number of sulfonamides is 1. The molecule has 1 aliphatic heterocycles. The Morgan fingerprint density at radius 2 is 1.53 bits per heavy atom. The van der Waals surface area contributed by atoms with Crippen molar-refractivity contribution in [3.05, 3.63) is 95.6 Å². The van der Waals surface area contributed by atoms with Gasteiger partial charge in [0, 0.05) is 13.1 Å². The van der Waals surface area contributed by atoms with Gasteiger partial charge in [0.05, 0.1) is 16.1 Å². The monoisotopic (exact) mass is 448 g/mol. The number of carbonyl (C=O) groups is 1. The van der Waals surface area contributed by atoms with E-state index >= 15 is 0 Å². The van der Waals surface area contributed by atoms with Crippen molar-refractivity contribution in [1.82, 2.24) is 4.90 Å². The molecule has 4 rings (SSSR count). The minimum Gasteiger partial charge on any atom is -0.339 e. The summed E-state index contributed by atoms with van der Waals surface area (Å²) in [7, 11) is -3.78. The van der Waals surface area contributed by atoms with Gasteiger partial charge in [0.15, 0.2) is 0 Å². The van der Waals surface area contributed by atoms with Crippen LogP contribution in [0.1, 0.15) is 34.3 Å². The van der Waals surface area contributed by atoms with Gasteiger partial charge in [-0.25, -0.2) is 8.42 Å². The summed E-state index contributed by atoms with van der Waals surface area (Å²) in [5.74, 6) is 0.419. The molecule has 0 spiro atoms. The van der Waals surface area contributed by atoms with Gasteiger partial charge in [-0.1, -0.05) is 60.2 Å². The van der Waals surface area contributed by atoms with Crippen LogP contribution in [0, 0.1) is 12.8 Å². The van der Waals surface area contributed by atoms with Gasteiger partial charge in [-0.15, -0.1) is 0 Å². The van der Waals surface area contributed by atoms with E-state index in [0.717, 1.165) is 24.8 Å². The zero-order chi connectivity index (χ0) is 22.6. The summed E-state index contributed by atoms with van der Waals surface area (Å²) in [6.07, 6.45) is 2.91. The van der Waals surface area contributed by atoms with Gasteiger partial charge in [-0.05, 0) is 61.9 Å². The number of hydrogen-bond donors (Lipinski definition) is 1. The molecule has 0 saturated carbocycles. The Bertz CT molecular complexity index is 1170. The van der Waals surface area contributed by atoms with Gasteiger partial charge in [0.25, 0.3) is 15.9 Å². The molecule has 1 amide bonds. The van der Waals surface area contributed by atoms with E-state index in [-0.39, 0.29) is 10.8 Å². The molecule has 3 aromatic rings. The van der Waals surface area contributed by atoms with Crippen LogP contribution in [0.2, 0.25) is 0 Å². The molecule has 0 aromatic heterocycles.